The molecule has 0 bridgehead atoms. The molecule has 0 amide bonds. The first-order chi connectivity index (χ1) is 10.5. The van der Waals surface area contributed by atoms with E-state index in [1.165, 1.54) is 12.1 Å². The Hall–Kier alpha value is -1.09. The van der Waals surface area contributed by atoms with E-state index in [4.69, 9.17) is 9.84 Å². The molecule has 0 heterocycles. The fourth-order valence-electron chi connectivity index (χ4n) is 1.77. The Morgan fingerprint density at radius 1 is 1.35 bits per heavy atom. The average molecular weight is 439 g/mol. The number of nitrogens with zero attached hydrogens (tertiary/aromatic N) is 1. The van der Waals surface area contributed by atoms with Crippen molar-refractivity contribution in [2.45, 2.75) is 26.8 Å². The van der Waals surface area contributed by atoms with Crippen LogP contribution in [0.4, 0.5) is 4.39 Å². The minimum atomic E-state index is -0.621. The Bertz CT molecular complexity index is 484. The summed E-state index contributed by atoms with van der Waals surface area (Å²) in [5.74, 6) is 0.239. The van der Waals surface area contributed by atoms with Gasteiger partial charge < -0.3 is 20.5 Å². The number of phenols is 1. The molecule has 0 unspecified atom stereocenters. The summed E-state index contributed by atoms with van der Waals surface area (Å²) in [5, 5.41) is 15.4. The average Bonchev–Trinajstić information content (AvgIpc) is 2.49. The molecule has 0 radical (unpaired) electrons. The van der Waals surface area contributed by atoms with E-state index in [1.807, 2.05) is 0 Å². The minimum Gasteiger partial charge on any atom is -0.505 e. The number of hydrogen-bond acceptors (Lipinski definition) is 3. The summed E-state index contributed by atoms with van der Waals surface area (Å²) in [6.07, 6.45) is 0.890. The van der Waals surface area contributed by atoms with Crippen LogP contribution >= 0.6 is 24.0 Å². The fraction of sp³-hybridized carbons (Fsp3) is 0.562. The largest absolute Gasteiger partial charge is 0.505 e. The van der Waals surface area contributed by atoms with Crippen LogP contribution in [0.25, 0.3) is 0 Å². The summed E-state index contributed by atoms with van der Waals surface area (Å²) in [7, 11) is 1.68. The van der Waals surface area contributed by atoms with Crippen molar-refractivity contribution in [2.75, 3.05) is 26.8 Å². The Labute approximate surface area is 154 Å². The van der Waals surface area contributed by atoms with E-state index in [9.17, 15) is 4.39 Å². The molecular weight excluding hydrogens is 412 g/mol. The topological polar surface area (TPSA) is 65.9 Å². The number of halogens is 2. The molecule has 23 heavy (non-hydrogen) atoms. The van der Waals surface area contributed by atoms with Crippen molar-refractivity contribution in [2.24, 2.45) is 10.9 Å². The number of guanidine groups is 1. The highest BCUT2D eigenvalue weighted by Crippen LogP contribution is 2.15. The van der Waals surface area contributed by atoms with Crippen LogP contribution in [0.3, 0.4) is 0 Å². The molecule has 0 saturated carbocycles. The van der Waals surface area contributed by atoms with Crippen LogP contribution in [0.1, 0.15) is 25.8 Å². The van der Waals surface area contributed by atoms with Gasteiger partial charge in [-0.1, -0.05) is 19.9 Å². The predicted molar refractivity (Wildman–Crippen MR) is 102 cm³/mol. The van der Waals surface area contributed by atoms with Crippen LogP contribution in [-0.2, 0) is 11.3 Å². The summed E-state index contributed by atoms with van der Waals surface area (Å²) < 4.78 is 18.7. The Kier molecular flexibility index (Phi) is 11.8. The maximum absolute atomic E-state index is 13.2. The van der Waals surface area contributed by atoms with Gasteiger partial charge in [-0.25, -0.2) is 4.39 Å². The van der Waals surface area contributed by atoms with Crippen molar-refractivity contribution >= 4 is 29.9 Å². The molecule has 0 saturated heterocycles. The molecule has 7 heteroatoms. The molecule has 0 aromatic heterocycles. The molecule has 0 aliphatic carbocycles. The third-order valence-corrected chi connectivity index (χ3v) is 2.90. The number of ether oxygens (including phenoxy) is 1. The lowest BCUT2D eigenvalue weighted by molar-refractivity contribution is 0.108. The number of hydrogen-bond donors (Lipinski definition) is 3. The number of benzene rings is 1. The second-order valence-corrected chi connectivity index (χ2v) is 5.46. The molecule has 1 rings (SSSR count). The third kappa shape index (κ3) is 9.60. The lowest BCUT2D eigenvalue weighted by Crippen LogP contribution is -2.37. The van der Waals surface area contributed by atoms with Gasteiger partial charge in [0.15, 0.2) is 17.5 Å². The standard InChI is InChI=1S/C16H26FN3O2.HI/c1-12(2)11-22-8-4-7-19-16(18-3)20-10-13-5-6-15(21)14(17)9-13;/h5-6,9,12,21H,4,7-8,10-11H2,1-3H3,(H2,18,19,20);1H. The van der Waals surface area contributed by atoms with Crippen molar-refractivity contribution < 1.29 is 14.2 Å². The van der Waals surface area contributed by atoms with E-state index in [1.54, 1.807) is 13.1 Å². The fourth-order valence-corrected chi connectivity index (χ4v) is 1.77. The van der Waals surface area contributed by atoms with Gasteiger partial charge in [0.05, 0.1) is 0 Å². The molecule has 0 spiro atoms. The lowest BCUT2D eigenvalue weighted by atomic mass is 10.2. The zero-order valence-electron chi connectivity index (χ0n) is 13.9. The molecule has 5 nitrogen and oxygen atoms in total. The van der Waals surface area contributed by atoms with Crippen LogP contribution < -0.4 is 10.6 Å². The molecule has 0 aliphatic heterocycles. The van der Waals surface area contributed by atoms with E-state index in [0.29, 0.717) is 25.0 Å². The molecular formula is C16H27FIN3O2. The van der Waals surface area contributed by atoms with Gasteiger partial charge >= 0.3 is 0 Å². The van der Waals surface area contributed by atoms with Crippen molar-refractivity contribution in [1.29, 1.82) is 0 Å². The van der Waals surface area contributed by atoms with E-state index in [2.05, 4.69) is 29.5 Å². The van der Waals surface area contributed by atoms with Crippen molar-refractivity contribution in [3.63, 3.8) is 0 Å². The van der Waals surface area contributed by atoms with Gasteiger partial charge in [0.2, 0.25) is 0 Å². The van der Waals surface area contributed by atoms with E-state index in [0.717, 1.165) is 25.1 Å². The van der Waals surface area contributed by atoms with Gasteiger partial charge in [-0.05, 0) is 30.0 Å². The first-order valence-corrected chi connectivity index (χ1v) is 7.52. The highest BCUT2D eigenvalue weighted by atomic mass is 127. The third-order valence-electron chi connectivity index (χ3n) is 2.90. The predicted octanol–water partition coefficient (Wildman–Crippen LogP) is 2.88. The van der Waals surface area contributed by atoms with Crippen LogP contribution in [-0.4, -0.2) is 37.9 Å². The smallest absolute Gasteiger partial charge is 0.191 e. The first kappa shape index (κ1) is 21.9. The van der Waals surface area contributed by atoms with Gasteiger partial charge in [-0.2, -0.15) is 0 Å². The summed E-state index contributed by atoms with van der Waals surface area (Å²) >= 11 is 0. The molecule has 0 atom stereocenters. The summed E-state index contributed by atoms with van der Waals surface area (Å²) in [5.41, 5.74) is 0.735. The summed E-state index contributed by atoms with van der Waals surface area (Å²) in [6, 6.07) is 4.31. The Morgan fingerprint density at radius 3 is 2.70 bits per heavy atom. The zero-order valence-corrected chi connectivity index (χ0v) is 16.3. The van der Waals surface area contributed by atoms with Crippen LogP contribution in [0.15, 0.2) is 23.2 Å². The van der Waals surface area contributed by atoms with Gasteiger partial charge in [0.25, 0.3) is 0 Å². The molecule has 0 aliphatic rings. The van der Waals surface area contributed by atoms with E-state index >= 15 is 0 Å². The van der Waals surface area contributed by atoms with E-state index < -0.39 is 5.82 Å². The van der Waals surface area contributed by atoms with Crippen LogP contribution in [0.5, 0.6) is 5.75 Å². The molecule has 1 aromatic rings. The summed E-state index contributed by atoms with van der Waals surface area (Å²) in [6.45, 7) is 6.92. The Morgan fingerprint density at radius 2 is 2.09 bits per heavy atom. The van der Waals surface area contributed by atoms with Crippen LogP contribution in [0, 0.1) is 11.7 Å². The number of aromatic hydroxyl groups is 1. The quantitative estimate of drug-likeness (QED) is 0.252. The van der Waals surface area contributed by atoms with Gasteiger partial charge in [-0.3, -0.25) is 4.99 Å². The van der Waals surface area contributed by atoms with Crippen molar-refractivity contribution in [3.8, 4) is 5.75 Å². The number of aliphatic imine (C=N–C) groups is 1. The van der Waals surface area contributed by atoms with Gasteiger partial charge in [0, 0.05) is 33.4 Å². The minimum absolute atomic E-state index is 0. The van der Waals surface area contributed by atoms with Crippen molar-refractivity contribution in [3.05, 3.63) is 29.6 Å². The first-order valence-electron chi connectivity index (χ1n) is 7.52. The second kappa shape index (κ2) is 12.3. The van der Waals surface area contributed by atoms with Crippen LogP contribution in [0.2, 0.25) is 0 Å². The maximum atomic E-state index is 13.2. The monoisotopic (exact) mass is 439 g/mol. The molecule has 132 valence electrons. The number of phenolic OH excluding ortho intramolecular Hbond substituents is 1. The normalized spacial score (nSPS) is 11.3. The number of nitrogens with one attached hydrogen (secondary N) is 2. The zero-order chi connectivity index (χ0) is 16.4. The second-order valence-electron chi connectivity index (χ2n) is 5.46. The van der Waals surface area contributed by atoms with Gasteiger partial charge in [-0.15, -0.1) is 24.0 Å². The SMILES string of the molecule is CN=C(NCCCOCC(C)C)NCc1ccc(O)c(F)c1.I. The highest BCUT2D eigenvalue weighted by molar-refractivity contribution is 14.0. The highest BCUT2D eigenvalue weighted by Gasteiger charge is 2.03. The van der Waals surface area contributed by atoms with E-state index in [-0.39, 0.29) is 29.7 Å². The lowest BCUT2D eigenvalue weighted by Gasteiger charge is -2.12. The van der Waals surface area contributed by atoms with Gasteiger partial charge in [0.1, 0.15) is 0 Å². The maximum Gasteiger partial charge on any atom is 0.191 e. The molecule has 3 N–H and O–H groups in total. The Balaban J connectivity index is 0.00000484. The van der Waals surface area contributed by atoms with Crippen molar-refractivity contribution in [1.82, 2.24) is 10.6 Å². The number of rotatable bonds is 8. The molecule has 0 fully saturated rings. The molecule has 1 aromatic carbocycles. The summed E-state index contributed by atoms with van der Waals surface area (Å²) in [4.78, 5) is 4.10.